The average molecular weight is 290 g/mol. The molecule has 20 heavy (non-hydrogen) atoms. The third-order valence-corrected chi connectivity index (χ3v) is 3.43. The topological polar surface area (TPSA) is 32.3 Å². The fourth-order valence-corrected chi connectivity index (χ4v) is 2.19. The lowest BCUT2D eigenvalue weighted by Crippen LogP contribution is -2.38. The highest BCUT2D eigenvalue weighted by atomic mass is 19.4. The minimum atomic E-state index is -4.60. The highest BCUT2D eigenvalue weighted by molar-refractivity contribution is 5.94. The van der Waals surface area contributed by atoms with Crippen LogP contribution in [-0.4, -0.2) is 37.0 Å². The summed E-state index contributed by atoms with van der Waals surface area (Å²) in [7, 11) is 1.47. The molecule has 2 rings (SSSR count). The lowest BCUT2D eigenvalue weighted by molar-refractivity contribution is -0.137. The fraction of sp³-hybridized carbons (Fsp3) is 0.462. The molecule has 0 bridgehead atoms. The molecule has 1 aromatic carbocycles. The molecule has 0 saturated carbocycles. The monoisotopic (exact) mass is 290 g/mol. The van der Waals surface area contributed by atoms with Gasteiger partial charge in [0.1, 0.15) is 5.82 Å². The van der Waals surface area contributed by atoms with Crippen molar-refractivity contribution < 1.29 is 22.4 Å². The number of benzene rings is 1. The summed E-state index contributed by atoms with van der Waals surface area (Å²) in [6.07, 6.45) is -3.90. The molecule has 0 radical (unpaired) electrons. The normalized spacial score (nSPS) is 19.1. The smallest absolute Gasteiger partial charge is 0.337 e. The number of nitrogens with zero attached hydrogens (tertiary/aromatic N) is 1. The molecule has 110 valence electrons. The van der Waals surface area contributed by atoms with Gasteiger partial charge in [0.25, 0.3) is 5.91 Å². The number of likely N-dealkylation sites (N-methyl/N-ethyl adjacent to an activating group) is 1. The van der Waals surface area contributed by atoms with Gasteiger partial charge in [-0.25, -0.2) is 4.39 Å². The highest BCUT2D eigenvalue weighted by Gasteiger charge is 2.33. The first-order valence-electron chi connectivity index (χ1n) is 6.15. The summed E-state index contributed by atoms with van der Waals surface area (Å²) in [5.41, 5.74) is -1.57. The zero-order valence-corrected chi connectivity index (χ0v) is 10.8. The van der Waals surface area contributed by atoms with Gasteiger partial charge in [-0.1, -0.05) is 0 Å². The minimum Gasteiger partial charge on any atom is -0.337 e. The van der Waals surface area contributed by atoms with Crippen LogP contribution in [0.2, 0.25) is 0 Å². The van der Waals surface area contributed by atoms with E-state index in [1.807, 2.05) is 0 Å². The van der Waals surface area contributed by atoms with Crippen LogP contribution >= 0.6 is 0 Å². The first kappa shape index (κ1) is 14.8. The quantitative estimate of drug-likeness (QED) is 0.848. The van der Waals surface area contributed by atoms with Crippen LogP contribution < -0.4 is 5.32 Å². The molecular weight excluding hydrogens is 276 g/mol. The Morgan fingerprint density at radius 2 is 2.10 bits per heavy atom. The Morgan fingerprint density at radius 3 is 2.65 bits per heavy atom. The number of carbonyl (C=O) groups is 1. The minimum absolute atomic E-state index is 0.128. The molecule has 1 amide bonds. The van der Waals surface area contributed by atoms with Gasteiger partial charge in [-0.3, -0.25) is 4.79 Å². The summed E-state index contributed by atoms with van der Waals surface area (Å²) in [6, 6.07) is 1.74. The Balaban J connectivity index is 2.28. The lowest BCUT2D eigenvalue weighted by atomic mass is 10.1. The summed E-state index contributed by atoms with van der Waals surface area (Å²) in [5.74, 6) is -1.68. The van der Waals surface area contributed by atoms with Crippen LogP contribution in [0.4, 0.5) is 17.6 Å². The van der Waals surface area contributed by atoms with E-state index in [2.05, 4.69) is 5.32 Å². The molecular formula is C13H14F4N2O. The molecule has 1 atom stereocenters. The van der Waals surface area contributed by atoms with Crippen molar-refractivity contribution in [3.05, 3.63) is 35.1 Å². The third kappa shape index (κ3) is 2.92. The number of alkyl halides is 3. The molecule has 1 N–H and O–H groups in total. The number of amides is 1. The van der Waals surface area contributed by atoms with E-state index in [0.29, 0.717) is 31.2 Å². The Labute approximate surface area is 113 Å². The standard InChI is InChI=1S/C13H14F4N2O/c1-19(9-4-5-18-7-9)12(20)10-6-8(13(15,16)17)2-3-11(10)14/h2-3,6,9,18H,4-5,7H2,1H3/t9-/m0/s1. The van der Waals surface area contributed by atoms with E-state index in [0.717, 1.165) is 6.54 Å². The van der Waals surface area contributed by atoms with Crippen molar-refractivity contribution in [1.29, 1.82) is 0 Å². The maximum Gasteiger partial charge on any atom is 0.416 e. The van der Waals surface area contributed by atoms with E-state index in [9.17, 15) is 22.4 Å². The van der Waals surface area contributed by atoms with Crippen molar-refractivity contribution in [2.75, 3.05) is 20.1 Å². The highest BCUT2D eigenvalue weighted by Crippen LogP contribution is 2.30. The number of nitrogens with one attached hydrogen (secondary N) is 1. The van der Waals surface area contributed by atoms with Crippen molar-refractivity contribution in [3.8, 4) is 0 Å². The summed E-state index contributed by atoms with van der Waals surface area (Å²) >= 11 is 0. The molecule has 0 spiro atoms. The number of rotatable bonds is 2. The fourth-order valence-electron chi connectivity index (χ4n) is 2.19. The van der Waals surface area contributed by atoms with Crippen LogP contribution in [0.3, 0.4) is 0 Å². The maximum atomic E-state index is 13.6. The molecule has 1 aromatic rings. The van der Waals surface area contributed by atoms with E-state index < -0.39 is 29.0 Å². The van der Waals surface area contributed by atoms with Crippen LogP contribution in [0.5, 0.6) is 0 Å². The largest absolute Gasteiger partial charge is 0.416 e. The zero-order chi connectivity index (χ0) is 14.9. The summed E-state index contributed by atoms with van der Waals surface area (Å²) in [4.78, 5) is 13.4. The number of hydrogen-bond acceptors (Lipinski definition) is 2. The van der Waals surface area contributed by atoms with Crippen LogP contribution in [0, 0.1) is 5.82 Å². The molecule has 0 aliphatic carbocycles. The molecule has 1 heterocycles. The molecule has 0 aromatic heterocycles. The van der Waals surface area contributed by atoms with Gasteiger partial charge in [-0.15, -0.1) is 0 Å². The van der Waals surface area contributed by atoms with Crippen LogP contribution in [-0.2, 0) is 6.18 Å². The molecule has 1 aliphatic heterocycles. The second kappa shape index (κ2) is 5.40. The van der Waals surface area contributed by atoms with Gasteiger partial charge in [-0.2, -0.15) is 13.2 Å². The van der Waals surface area contributed by atoms with Crippen molar-refractivity contribution >= 4 is 5.91 Å². The second-order valence-corrected chi connectivity index (χ2v) is 4.76. The van der Waals surface area contributed by atoms with Crippen LogP contribution in [0.15, 0.2) is 18.2 Å². The van der Waals surface area contributed by atoms with Gasteiger partial charge in [-0.05, 0) is 31.2 Å². The van der Waals surface area contributed by atoms with Gasteiger partial charge >= 0.3 is 6.18 Å². The molecule has 1 fully saturated rings. The summed E-state index contributed by atoms with van der Waals surface area (Å²) in [5, 5.41) is 3.04. The third-order valence-electron chi connectivity index (χ3n) is 3.43. The Morgan fingerprint density at radius 1 is 1.40 bits per heavy atom. The Hall–Kier alpha value is -1.63. The molecule has 1 saturated heterocycles. The van der Waals surface area contributed by atoms with E-state index in [1.54, 1.807) is 0 Å². The lowest BCUT2D eigenvalue weighted by Gasteiger charge is -2.24. The maximum absolute atomic E-state index is 13.6. The number of halogens is 4. The van der Waals surface area contributed by atoms with Crippen molar-refractivity contribution in [2.24, 2.45) is 0 Å². The number of carbonyl (C=O) groups excluding carboxylic acids is 1. The molecule has 1 aliphatic rings. The van der Waals surface area contributed by atoms with E-state index >= 15 is 0 Å². The van der Waals surface area contributed by atoms with E-state index in [1.165, 1.54) is 11.9 Å². The molecule has 0 unspecified atom stereocenters. The van der Waals surface area contributed by atoms with E-state index in [4.69, 9.17) is 0 Å². The van der Waals surface area contributed by atoms with Crippen LogP contribution in [0.25, 0.3) is 0 Å². The van der Waals surface area contributed by atoms with Gasteiger partial charge < -0.3 is 10.2 Å². The summed E-state index contributed by atoms with van der Waals surface area (Å²) < 4.78 is 51.4. The molecule has 7 heteroatoms. The Kier molecular flexibility index (Phi) is 3.99. The van der Waals surface area contributed by atoms with Crippen molar-refractivity contribution in [1.82, 2.24) is 10.2 Å². The van der Waals surface area contributed by atoms with Crippen LogP contribution in [0.1, 0.15) is 22.3 Å². The predicted octanol–water partition coefficient (Wildman–Crippen LogP) is 2.28. The van der Waals surface area contributed by atoms with E-state index in [-0.39, 0.29) is 6.04 Å². The Bertz CT molecular complexity index is 510. The predicted molar refractivity (Wildman–Crippen MR) is 64.8 cm³/mol. The average Bonchev–Trinajstić information content (AvgIpc) is 2.90. The SMILES string of the molecule is CN(C(=O)c1cc(C(F)(F)F)ccc1F)[C@H]1CCNC1. The second-order valence-electron chi connectivity index (χ2n) is 4.76. The van der Waals surface area contributed by atoms with Crippen molar-refractivity contribution in [2.45, 2.75) is 18.6 Å². The summed E-state index contributed by atoms with van der Waals surface area (Å²) in [6.45, 7) is 1.29. The van der Waals surface area contributed by atoms with Gasteiger partial charge in [0, 0.05) is 19.6 Å². The number of hydrogen-bond donors (Lipinski definition) is 1. The van der Waals surface area contributed by atoms with Gasteiger partial charge in [0.05, 0.1) is 11.1 Å². The first-order valence-corrected chi connectivity index (χ1v) is 6.15. The van der Waals surface area contributed by atoms with Gasteiger partial charge in [0.2, 0.25) is 0 Å². The first-order chi connectivity index (χ1) is 9.30. The molecule has 3 nitrogen and oxygen atoms in total. The van der Waals surface area contributed by atoms with Crippen molar-refractivity contribution in [3.63, 3.8) is 0 Å². The zero-order valence-electron chi connectivity index (χ0n) is 10.8. The van der Waals surface area contributed by atoms with Gasteiger partial charge in [0.15, 0.2) is 0 Å².